The van der Waals surface area contributed by atoms with Crippen LogP contribution in [0.3, 0.4) is 0 Å². The fraction of sp³-hybridized carbons (Fsp3) is 0.115. The Hall–Kier alpha value is -3.77. The van der Waals surface area contributed by atoms with Gasteiger partial charge in [0.05, 0.1) is 10.9 Å². The summed E-state index contributed by atoms with van der Waals surface area (Å²) >= 11 is 1.38. The van der Waals surface area contributed by atoms with Crippen LogP contribution in [0.1, 0.15) is 38.6 Å². The summed E-state index contributed by atoms with van der Waals surface area (Å²) in [5.74, 6) is -0.293. The molecule has 4 rings (SSSR count). The van der Waals surface area contributed by atoms with Crippen LogP contribution >= 0.6 is 11.3 Å². The molecule has 0 fully saturated rings. The molecule has 2 aromatic carbocycles. The lowest BCUT2D eigenvalue weighted by Gasteiger charge is -2.26. The Kier molecular flexibility index (Phi) is 6.42. The normalized spacial score (nSPS) is 11.6. The van der Waals surface area contributed by atoms with Crippen LogP contribution in [-0.2, 0) is 0 Å². The van der Waals surface area contributed by atoms with Gasteiger partial charge >= 0.3 is 0 Å². The maximum atomic E-state index is 13.2. The molecule has 0 saturated carbocycles. The number of anilines is 1. The second-order valence-corrected chi connectivity index (χ2v) is 8.41. The van der Waals surface area contributed by atoms with Gasteiger partial charge in [0.15, 0.2) is 0 Å². The Morgan fingerprint density at radius 1 is 0.938 bits per heavy atom. The molecule has 0 aliphatic heterocycles. The minimum atomic E-state index is -0.181. The van der Waals surface area contributed by atoms with E-state index in [1.807, 2.05) is 48.7 Å². The molecule has 0 aliphatic rings. The highest BCUT2D eigenvalue weighted by molar-refractivity contribution is 7.12. The minimum absolute atomic E-state index is 0.112. The van der Waals surface area contributed by atoms with Gasteiger partial charge in [-0.3, -0.25) is 14.6 Å². The largest absolute Gasteiger partial charge is 0.335 e. The first-order chi connectivity index (χ1) is 15.5. The Morgan fingerprint density at radius 2 is 1.72 bits per heavy atom. The summed E-state index contributed by atoms with van der Waals surface area (Å²) in [6.07, 6.45) is 3.54. The van der Waals surface area contributed by atoms with E-state index in [0.29, 0.717) is 16.1 Å². The fourth-order valence-electron chi connectivity index (χ4n) is 3.46. The lowest BCUT2D eigenvalue weighted by Crippen LogP contribution is -2.29. The SMILES string of the molecule is C[C@@H](c1cccc(-c2ccncc2)c1)N(C)C(=O)c1cccc(NC(=O)c2cccs2)c1. The van der Waals surface area contributed by atoms with E-state index in [-0.39, 0.29) is 17.9 Å². The summed E-state index contributed by atoms with van der Waals surface area (Å²) in [6, 6.07) is 22.6. The van der Waals surface area contributed by atoms with Crippen molar-refractivity contribution in [3.8, 4) is 11.1 Å². The molecule has 2 aromatic heterocycles. The standard InChI is InChI=1S/C26H23N3O2S/c1-18(20-6-3-7-21(16-20)19-11-13-27-14-12-19)29(2)26(31)22-8-4-9-23(17-22)28-25(30)24-10-5-15-32-24/h3-18H,1-2H3,(H,28,30)/t18-/m0/s1. The van der Waals surface area contributed by atoms with E-state index in [1.165, 1.54) is 11.3 Å². The molecular weight excluding hydrogens is 418 g/mol. The van der Waals surface area contributed by atoms with Gasteiger partial charge in [-0.15, -0.1) is 11.3 Å². The molecule has 2 heterocycles. The van der Waals surface area contributed by atoms with Gasteiger partial charge in [0, 0.05) is 30.7 Å². The molecule has 2 amide bonds. The lowest BCUT2D eigenvalue weighted by molar-refractivity contribution is 0.0742. The maximum Gasteiger partial charge on any atom is 0.265 e. The number of thiophene rings is 1. The Balaban J connectivity index is 1.50. The van der Waals surface area contributed by atoms with Gasteiger partial charge in [-0.05, 0) is 71.5 Å². The number of carbonyl (C=O) groups is 2. The summed E-state index contributed by atoms with van der Waals surface area (Å²) in [5.41, 5.74) is 4.31. The molecule has 0 saturated heterocycles. The maximum absolute atomic E-state index is 13.2. The first-order valence-electron chi connectivity index (χ1n) is 10.3. The Bertz CT molecular complexity index is 1220. The number of carbonyl (C=O) groups excluding carboxylic acids is 2. The molecule has 0 aliphatic carbocycles. The molecule has 5 nitrogen and oxygen atoms in total. The smallest absolute Gasteiger partial charge is 0.265 e. The van der Waals surface area contributed by atoms with E-state index in [2.05, 4.69) is 16.4 Å². The third kappa shape index (κ3) is 4.76. The number of amides is 2. The molecule has 32 heavy (non-hydrogen) atoms. The van der Waals surface area contributed by atoms with E-state index in [0.717, 1.165) is 16.7 Å². The Morgan fingerprint density at radius 3 is 2.47 bits per heavy atom. The third-order valence-corrected chi connectivity index (χ3v) is 6.26. The number of hydrogen-bond donors (Lipinski definition) is 1. The van der Waals surface area contributed by atoms with E-state index in [1.54, 1.807) is 54.7 Å². The van der Waals surface area contributed by atoms with Gasteiger partial charge in [-0.1, -0.05) is 30.3 Å². The van der Waals surface area contributed by atoms with Crippen LogP contribution in [0.25, 0.3) is 11.1 Å². The van der Waals surface area contributed by atoms with E-state index in [9.17, 15) is 9.59 Å². The van der Waals surface area contributed by atoms with Crippen molar-refractivity contribution in [2.24, 2.45) is 0 Å². The van der Waals surface area contributed by atoms with Crippen LogP contribution in [0.4, 0.5) is 5.69 Å². The van der Waals surface area contributed by atoms with Crippen LogP contribution < -0.4 is 5.32 Å². The molecule has 6 heteroatoms. The number of benzene rings is 2. The second kappa shape index (κ2) is 9.58. The topological polar surface area (TPSA) is 62.3 Å². The van der Waals surface area contributed by atoms with Crippen molar-refractivity contribution in [2.45, 2.75) is 13.0 Å². The summed E-state index contributed by atoms with van der Waals surface area (Å²) in [6.45, 7) is 2.01. The number of nitrogens with one attached hydrogen (secondary N) is 1. The van der Waals surface area contributed by atoms with Gasteiger partial charge in [0.1, 0.15) is 0 Å². The quantitative estimate of drug-likeness (QED) is 0.405. The predicted molar refractivity (Wildman–Crippen MR) is 129 cm³/mol. The van der Waals surface area contributed by atoms with Crippen LogP contribution in [0.2, 0.25) is 0 Å². The van der Waals surface area contributed by atoms with Crippen LogP contribution in [0.5, 0.6) is 0 Å². The Labute approximate surface area is 191 Å². The third-order valence-electron chi connectivity index (χ3n) is 5.40. The van der Waals surface area contributed by atoms with Crippen molar-refractivity contribution in [3.63, 3.8) is 0 Å². The first-order valence-corrected chi connectivity index (χ1v) is 11.1. The molecular formula is C26H23N3O2S. The van der Waals surface area contributed by atoms with Crippen molar-refractivity contribution < 1.29 is 9.59 Å². The number of pyridine rings is 1. The van der Waals surface area contributed by atoms with Crippen LogP contribution in [0, 0.1) is 0 Å². The summed E-state index contributed by atoms with van der Waals surface area (Å²) in [7, 11) is 1.79. The fourth-order valence-corrected chi connectivity index (χ4v) is 4.07. The van der Waals surface area contributed by atoms with Crippen molar-refractivity contribution >= 4 is 28.8 Å². The van der Waals surface area contributed by atoms with Crippen LogP contribution in [0.15, 0.2) is 90.6 Å². The molecule has 0 spiro atoms. The van der Waals surface area contributed by atoms with E-state index < -0.39 is 0 Å². The molecule has 0 radical (unpaired) electrons. The van der Waals surface area contributed by atoms with Crippen molar-refractivity contribution in [1.29, 1.82) is 0 Å². The number of aromatic nitrogens is 1. The minimum Gasteiger partial charge on any atom is -0.335 e. The van der Waals surface area contributed by atoms with E-state index >= 15 is 0 Å². The highest BCUT2D eigenvalue weighted by Gasteiger charge is 2.20. The van der Waals surface area contributed by atoms with Crippen molar-refractivity contribution in [1.82, 2.24) is 9.88 Å². The average Bonchev–Trinajstić information content (AvgIpc) is 3.39. The first kappa shape index (κ1) is 21.5. The zero-order chi connectivity index (χ0) is 22.5. The summed E-state index contributed by atoms with van der Waals surface area (Å²) in [5, 5.41) is 4.72. The average molecular weight is 442 g/mol. The van der Waals surface area contributed by atoms with Crippen molar-refractivity contribution in [3.05, 3.63) is 107 Å². The molecule has 4 aromatic rings. The highest BCUT2D eigenvalue weighted by Crippen LogP contribution is 2.26. The van der Waals surface area contributed by atoms with Gasteiger partial charge in [0.2, 0.25) is 0 Å². The molecule has 160 valence electrons. The van der Waals surface area contributed by atoms with Gasteiger partial charge in [0.25, 0.3) is 11.8 Å². The molecule has 1 atom stereocenters. The van der Waals surface area contributed by atoms with Crippen LogP contribution in [-0.4, -0.2) is 28.7 Å². The van der Waals surface area contributed by atoms with Gasteiger partial charge in [-0.2, -0.15) is 0 Å². The number of hydrogen-bond acceptors (Lipinski definition) is 4. The summed E-state index contributed by atoms with van der Waals surface area (Å²) < 4.78 is 0. The molecule has 0 unspecified atom stereocenters. The van der Waals surface area contributed by atoms with Gasteiger partial charge in [-0.25, -0.2) is 0 Å². The zero-order valence-electron chi connectivity index (χ0n) is 17.9. The highest BCUT2D eigenvalue weighted by atomic mass is 32.1. The predicted octanol–water partition coefficient (Wildman–Crippen LogP) is 5.90. The van der Waals surface area contributed by atoms with E-state index in [4.69, 9.17) is 0 Å². The van der Waals surface area contributed by atoms with Crippen molar-refractivity contribution in [2.75, 3.05) is 12.4 Å². The zero-order valence-corrected chi connectivity index (χ0v) is 18.7. The molecule has 1 N–H and O–H groups in total. The second-order valence-electron chi connectivity index (χ2n) is 7.47. The van der Waals surface area contributed by atoms with Gasteiger partial charge < -0.3 is 10.2 Å². The lowest BCUT2D eigenvalue weighted by atomic mass is 10.00. The summed E-state index contributed by atoms with van der Waals surface area (Å²) in [4.78, 5) is 31.9. The number of nitrogens with zero attached hydrogens (tertiary/aromatic N) is 2. The number of rotatable bonds is 6. The monoisotopic (exact) mass is 441 g/mol. The molecule has 0 bridgehead atoms.